The molecule has 0 aliphatic heterocycles. The summed E-state index contributed by atoms with van der Waals surface area (Å²) in [6, 6.07) is 11.7. The number of rotatable bonds is 4. The van der Waals surface area contributed by atoms with E-state index in [9.17, 15) is 9.18 Å². The van der Waals surface area contributed by atoms with Gasteiger partial charge in [0, 0.05) is 23.6 Å². The topological polar surface area (TPSA) is 26.3 Å². The Bertz CT molecular complexity index is 588. The van der Waals surface area contributed by atoms with Crippen LogP contribution in [-0.2, 0) is 0 Å². The van der Waals surface area contributed by atoms with Gasteiger partial charge in [0.1, 0.15) is 11.6 Å². The minimum atomic E-state index is -0.339. The van der Waals surface area contributed by atoms with Gasteiger partial charge >= 0.3 is 0 Å². The molecule has 2 aromatic carbocycles. The van der Waals surface area contributed by atoms with Crippen LogP contribution in [0.5, 0.6) is 5.75 Å². The van der Waals surface area contributed by atoms with Crippen LogP contribution in [0.25, 0.3) is 11.1 Å². The van der Waals surface area contributed by atoms with Crippen LogP contribution in [0.15, 0.2) is 42.5 Å². The highest BCUT2D eigenvalue weighted by Crippen LogP contribution is 2.26. The van der Waals surface area contributed by atoms with Crippen molar-refractivity contribution < 1.29 is 13.9 Å². The number of carbonyl (C=O) groups excluding carboxylic acids is 1. The molecule has 0 amide bonds. The number of methoxy groups -OCH3 is 1. The van der Waals surface area contributed by atoms with Crippen LogP contribution in [0.1, 0.15) is 23.7 Å². The fourth-order valence-electron chi connectivity index (χ4n) is 1.90. The molecule has 2 nitrogen and oxygen atoms in total. The summed E-state index contributed by atoms with van der Waals surface area (Å²) in [6.45, 7) is 1.82. The lowest BCUT2D eigenvalue weighted by Crippen LogP contribution is -1.96. The summed E-state index contributed by atoms with van der Waals surface area (Å²) in [5.41, 5.74) is 1.89. The average molecular weight is 258 g/mol. The molecule has 2 aromatic rings. The first-order valence-electron chi connectivity index (χ1n) is 6.13. The lowest BCUT2D eigenvalue weighted by Gasteiger charge is -2.06. The maximum absolute atomic E-state index is 13.9. The van der Waals surface area contributed by atoms with Gasteiger partial charge in [-0.05, 0) is 17.7 Å². The van der Waals surface area contributed by atoms with Crippen molar-refractivity contribution in [1.82, 2.24) is 0 Å². The molecule has 0 N–H and O–H groups in total. The summed E-state index contributed by atoms with van der Waals surface area (Å²) in [5.74, 6) is 0.231. The van der Waals surface area contributed by atoms with Crippen molar-refractivity contribution in [3.8, 4) is 16.9 Å². The normalized spacial score (nSPS) is 10.3. The predicted octanol–water partition coefficient (Wildman–Crippen LogP) is 4.09. The molecule has 0 fully saturated rings. The van der Waals surface area contributed by atoms with E-state index in [1.54, 1.807) is 36.4 Å². The number of carbonyl (C=O) groups is 1. The second-order valence-electron chi connectivity index (χ2n) is 4.20. The monoisotopic (exact) mass is 258 g/mol. The van der Waals surface area contributed by atoms with Gasteiger partial charge in [-0.2, -0.15) is 0 Å². The Balaban J connectivity index is 2.34. The van der Waals surface area contributed by atoms with E-state index in [1.165, 1.54) is 13.2 Å². The third kappa shape index (κ3) is 2.81. The Morgan fingerprint density at radius 1 is 1.16 bits per heavy atom. The van der Waals surface area contributed by atoms with Gasteiger partial charge in [-0.15, -0.1) is 0 Å². The van der Waals surface area contributed by atoms with Gasteiger partial charge in [-0.3, -0.25) is 4.79 Å². The van der Waals surface area contributed by atoms with Crippen molar-refractivity contribution in [3.05, 3.63) is 53.8 Å². The lowest BCUT2D eigenvalue weighted by atomic mass is 10.0. The summed E-state index contributed by atoms with van der Waals surface area (Å²) in [6.07, 6.45) is 0.468. The van der Waals surface area contributed by atoms with Crippen LogP contribution in [0.3, 0.4) is 0 Å². The van der Waals surface area contributed by atoms with E-state index in [2.05, 4.69) is 0 Å². The number of hydrogen-bond acceptors (Lipinski definition) is 2. The maximum atomic E-state index is 13.9. The molecular weight excluding hydrogens is 243 g/mol. The van der Waals surface area contributed by atoms with Crippen LogP contribution >= 0.6 is 0 Å². The second-order valence-corrected chi connectivity index (χ2v) is 4.20. The quantitative estimate of drug-likeness (QED) is 0.772. The average Bonchev–Trinajstić information content (AvgIpc) is 2.46. The molecule has 19 heavy (non-hydrogen) atoms. The molecule has 0 saturated heterocycles. The van der Waals surface area contributed by atoms with Crippen molar-refractivity contribution >= 4 is 5.78 Å². The Labute approximate surface area is 111 Å². The van der Waals surface area contributed by atoms with Crippen LogP contribution in [0.4, 0.5) is 4.39 Å². The summed E-state index contributed by atoms with van der Waals surface area (Å²) < 4.78 is 18.9. The summed E-state index contributed by atoms with van der Waals surface area (Å²) in [5, 5.41) is 0. The van der Waals surface area contributed by atoms with Crippen LogP contribution in [-0.4, -0.2) is 12.9 Å². The second kappa shape index (κ2) is 5.65. The van der Waals surface area contributed by atoms with Crippen LogP contribution in [0, 0.1) is 5.82 Å². The van der Waals surface area contributed by atoms with Gasteiger partial charge in [-0.1, -0.05) is 31.2 Å². The highest BCUT2D eigenvalue weighted by Gasteiger charge is 2.08. The van der Waals surface area contributed by atoms with Crippen molar-refractivity contribution in [2.24, 2.45) is 0 Å². The molecule has 0 bridgehead atoms. The molecular formula is C16H15FO2. The van der Waals surface area contributed by atoms with Crippen molar-refractivity contribution in [2.45, 2.75) is 13.3 Å². The lowest BCUT2D eigenvalue weighted by molar-refractivity contribution is 0.0988. The fraction of sp³-hybridized carbons (Fsp3) is 0.188. The summed E-state index contributed by atoms with van der Waals surface area (Å²) in [4.78, 5) is 11.5. The highest BCUT2D eigenvalue weighted by molar-refractivity contribution is 5.96. The molecule has 0 saturated carbocycles. The molecule has 2 rings (SSSR count). The van der Waals surface area contributed by atoms with Gasteiger partial charge in [0.25, 0.3) is 0 Å². The molecule has 0 aliphatic rings. The Morgan fingerprint density at radius 3 is 2.37 bits per heavy atom. The Kier molecular flexibility index (Phi) is 3.95. The zero-order valence-electron chi connectivity index (χ0n) is 10.9. The fourth-order valence-corrected chi connectivity index (χ4v) is 1.90. The standard InChI is InChI=1S/C16H15FO2/c1-3-16(18)12-6-4-11(5-7-12)14-9-8-13(19-2)10-15(14)17/h4-10H,3H2,1-2H3. The predicted molar refractivity (Wildman–Crippen MR) is 73.0 cm³/mol. The number of halogens is 1. The van der Waals surface area contributed by atoms with Gasteiger partial charge in [0.05, 0.1) is 7.11 Å². The first-order chi connectivity index (χ1) is 9.15. The number of hydrogen-bond donors (Lipinski definition) is 0. The van der Waals surface area contributed by atoms with E-state index in [1.807, 2.05) is 6.92 Å². The first-order valence-corrected chi connectivity index (χ1v) is 6.13. The molecule has 0 spiro atoms. The van der Waals surface area contributed by atoms with E-state index in [0.717, 1.165) is 5.56 Å². The molecule has 0 aliphatic carbocycles. The van der Waals surface area contributed by atoms with E-state index in [0.29, 0.717) is 23.3 Å². The minimum absolute atomic E-state index is 0.0850. The molecule has 0 heterocycles. The van der Waals surface area contributed by atoms with Gasteiger partial charge in [-0.25, -0.2) is 4.39 Å². The number of ether oxygens (including phenoxy) is 1. The van der Waals surface area contributed by atoms with E-state index >= 15 is 0 Å². The van der Waals surface area contributed by atoms with Gasteiger partial charge in [0.15, 0.2) is 5.78 Å². The number of benzene rings is 2. The smallest absolute Gasteiger partial charge is 0.162 e. The molecule has 3 heteroatoms. The summed E-state index contributed by atoms with van der Waals surface area (Å²) >= 11 is 0. The molecule has 98 valence electrons. The van der Waals surface area contributed by atoms with Crippen LogP contribution in [0.2, 0.25) is 0 Å². The Hall–Kier alpha value is -2.16. The third-order valence-corrected chi connectivity index (χ3v) is 3.02. The van der Waals surface area contributed by atoms with E-state index < -0.39 is 0 Å². The van der Waals surface area contributed by atoms with Crippen molar-refractivity contribution in [2.75, 3.05) is 7.11 Å². The molecule has 0 radical (unpaired) electrons. The molecule has 0 aromatic heterocycles. The molecule has 0 atom stereocenters. The first kappa shape index (κ1) is 13.3. The van der Waals surface area contributed by atoms with E-state index in [4.69, 9.17) is 4.74 Å². The number of Topliss-reactive ketones (excluding diaryl/α,β-unsaturated/α-hetero) is 1. The van der Waals surface area contributed by atoms with Crippen LogP contribution < -0.4 is 4.74 Å². The largest absolute Gasteiger partial charge is 0.497 e. The molecule has 0 unspecified atom stereocenters. The zero-order valence-corrected chi connectivity index (χ0v) is 10.9. The summed E-state index contributed by atoms with van der Waals surface area (Å²) in [7, 11) is 1.50. The Morgan fingerprint density at radius 2 is 1.84 bits per heavy atom. The zero-order chi connectivity index (χ0) is 13.8. The number of ketones is 1. The third-order valence-electron chi connectivity index (χ3n) is 3.02. The minimum Gasteiger partial charge on any atom is -0.497 e. The maximum Gasteiger partial charge on any atom is 0.162 e. The highest BCUT2D eigenvalue weighted by atomic mass is 19.1. The van der Waals surface area contributed by atoms with E-state index in [-0.39, 0.29) is 11.6 Å². The van der Waals surface area contributed by atoms with Gasteiger partial charge < -0.3 is 4.74 Å². The van der Waals surface area contributed by atoms with Crippen molar-refractivity contribution in [1.29, 1.82) is 0 Å². The van der Waals surface area contributed by atoms with Gasteiger partial charge in [0.2, 0.25) is 0 Å². The SMILES string of the molecule is CCC(=O)c1ccc(-c2ccc(OC)cc2F)cc1. The van der Waals surface area contributed by atoms with Crippen molar-refractivity contribution in [3.63, 3.8) is 0 Å².